The lowest BCUT2D eigenvalue weighted by molar-refractivity contribution is 0.332. The summed E-state index contributed by atoms with van der Waals surface area (Å²) in [5, 5.41) is 3.16. The van der Waals surface area contributed by atoms with Crippen LogP contribution < -0.4 is 20.5 Å². The highest BCUT2D eigenvalue weighted by atomic mass is 16.5. The molecular formula is C14H18N4O2. The van der Waals surface area contributed by atoms with Gasteiger partial charge in [-0.1, -0.05) is 0 Å². The fraction of sp³-hybridized carbons (Fsp3) is 0.286. The van der Waals surface area contributed by atoms with E-state index in [9.17, 15) is 0 Å². The van der Waals surface area contributed by atoms with Crippen molar-refractivity contribution in [2.75, 3.05) is 24.3 Å². The smallest absolute Gasteiger partial charge is 0.221 e. The molecule has 2 rings (SSSR count). The van der Waals surface area contributed by atoms with Gasteiger partial charge in [0.15, 0.2) is 0 Å². The van der Waals surface area contributed by atoms with Crippen molar-refractivity contribution in [1.82, 2.24) is 9.97 Å². The molecule has 6 heteroatoms. The van der Waals surface area contributed by atoms with E-state index in [0.717, 1.165) is 17.2 Å². The number of anilines is 3. The third kappa shape index (κ3) is 3.50. The first-order chi connectivity index (χ1) is 9.72. The zero-order valence-corrected chi connectivity index (χ0v) is 11.6. The van der Waals surface area contributed by atoms with Crippen molar-refractivity contribution in [1.29, 1.82) is 0 Å². The summed E-state index contributed by atoms with van der Waals surface area (Å²) in [6, 6.07) is 7.33. The van der Waals surface area contributed by atoms with Gasteiger partial charge in [-0.3, -0.25) is 0 Å². The fourth-order valence-corrected chi connectivity index (χ4v) is 1.73. The van der Waals surface area contributed by atoms with E-state index >= 15 is 0 Å². The van der Waals surface area contributed by atoms with E-state index < -0.39 is 0 Å². The van der Waals surface area contributed by atoms with Crippen LogP contribution in [-0.2, 0) is 0 Å². The zero-order valence-electron chi connectivity index (χ0n) is 11.6. The van der Waals surface area contributed by atoms with Gasteiger partial charge >= 0.3 is 0 Å². The van der Waals surface area contributed by atoms with Gasteiger partial charge in [-0.25, -0.2) is 4.98 Å². The predicted octanol–water partition coefficient (Wildman–Crippen LogP) is 2.60. The molecule has 2 aromatic rings. The largest absolute Gasteiger partial charge is 0.494 e. The van der Waals surface area contributed by atoms with Crippen LogP contribution in [-0.4, -0.2) is 23.2 Å². The highest BCUT2D eigenvalue weighted by Crippen LogP contribution is 2.31. The van der Waals surface area contributed by atoms with Gasteiger partial charge in [-0.05, 0) is 32.0 Å². The van der Waals surface area contributed by atoms with Crippen molar-refractivity contribution < 1.29 is 9.47 Å². The van der Waals surface area contributed by atoms with Crippen molar-refractivity contribution in [2.45, 2.75) is 13.8 Å². The molecule has 20 heavy (non-hydrogen) atoms. The van der Waals surface area contributed by atoms with Crippen LogP contribution in [0.25, 0.3) is 0 Å². The van der Waals surface area contributed by atoms with E-state index in [1.165, 1.54) is 0 Å². The molecule has 0 aliphatic carbocycles. The zero-order chi connectivity index (χ0) is 14.4. The van der Waals surface area contributed by atoms with Gasteiger partial charge in [-0.15, -0.1) is 0 Å². The van der Waals surface area contributed by atoms with E-state index in [2.05, 4.69) is 15.3 Å². The monoisotopic (exact) mass is 274 g/mol. The van der Waals surface area contributed by atoms with Crippen LogP contribution in [0.1, 0.15) is 13.8 Å². The Balaban J connectivity index is 2.29. The molecule has 6 nitrogen and oxygen atoms in total. The topological polar surface area (TPSA) is 82.3 Å². The van der Waals surface area contributed by atoms with E-state index in [-0.39, 0.29) is 5.95 Å². The average molecular weight is 274 g/mol. The standard InChI is InChI=1S/C14H18N4O2/c1-3-19-10-5-6-12(20-4-2)11(9-10)17-13-7-8-16-14(15)18-13/h5-9H,3-4H2,1-2H3,(H3,15,16,17,18). The lowest BCUT2D eigenvalue weighted by Crippen LogP contribution is -2.02. The number of nitrogen functional groups attached to an aromatic ring is 1. The van der Waals surface area contributed by atoms with Crippen molar-refractivity contribution in [3.8, 4) is 11.5 Å². The third-order valence-corrected chi connectivity index (χ3v) is 2.50. The number of aromatic nitrogens is 2. The molecule has 0 radical (unpaired) electrons. The van der Waals surface area contributed by atoms with E-state index in [1.54, 1.807) is 12.3 Å². The van der Waals surface area contributed by atoms with Gasteiger partial charge in [0.2, 0.25) is 5.95 Å². The van der Waals surface area contributed by atoms with Crippen LogP contribution in [0.4, 0.5) is 17.5 Å². The summed E-state index contributed by atoms with van der Waals surface area (Å²) in [5.74, 6) is 2.31. The van der Waals surface area contributed by atoms with Gasteiger partial charge in [-0.2, -0.15) is 4.98 Å². The summed E-state index contributed by atoms with van der Waals surface area (Å²) in [4.78, 5) is 7.96. The number of nitrogens with two attached hydrogens (primary N) is 1. The first kappa shape index (κ1) is 13.9. The van der Waals surface area contributed by atoms with Crippen LogP contribution in [0, 0.1) is 0 Å². The number of nitrogens with one attached hydrogen (secondary N) is 1. The minimum atomic E-state index is 0.217. The second-order valence-electron chi connectivity index (χ2n) is 3.95. The Bertz CT molecular complexity index is 575. The summed E-state index contributed by atoms with van der Waals surface area (Å²) in [6.45, 7) is 5.06. The molecule has 0 aliphatic rings. The number of rotatable bonds is 6. The lowest BCUT2D eigenvalue weighted by Gasteiger charge is -2.13. The molecule has 0 bridgehead atoms. The average Bonchev–Trinajstić information content (AvgIpc) is 2.42. The number of hydrogen-bond acceptors (Lipinski definition) is 6. The maximum Gasteiger partial charge on any atom is 0.221 e. The van der Waals surface area contributed by atoms with Gasteiger partial charge in [0.25, 0.3) is 0 Å². The van der Waals surface area contributed by atoms with Crippen LogP contribution in [0.15, 0.2) is 30.5 Å². The molecular weight excluding hydrogens is 256 g/mol. The maximum atomic E-state index is 5.58. The second kappa shape index (κ2) is 6.60. The fourth-order valence-electron chi connectivity index (χ4n) is 1.73. The van der Waals surface area contributed by atoms with Crippen LogP contribution >= 0.6 is 0 Å². The summed E-state index contributed by atoms with van der Waals surface area (Å²) in [6.07, 6.45) is 1.59. The minimum absolute atomic E-state index is 0.217. The highest BCUT2D eigenvalue weighted by Gasteiger charge is 2.07. The summed E-state index contributed by atoms with van der Waals surface area (Å²) in [7, 11) is 0. The SMILES string of the molecule is CCOc1ccc(OCC)c(Nc2ccnc(N)n2)c1. The molecule has 1 heterocycles. The molecule has 3 N–H and O–H groups in total. The molecule has 0 saturated heterocycles. The number of benzene rings is 1. The van der Waals surface area contributed by atoms with E-state index in [0.29, 0.717) is 19.0 Å². The maximum absolute atomic E-state index is 5.58. The van der Waals surface area contributed by atoms with Crippen molar-refractivity contribution >= 4 is 17.5 Å². The Morgan fingerprint density at radius 2 is 1.95 bits per heavy atom. The Labute approximate surface area is 118 Å². The van der Waals surface area contributed by atoms with Gasteiger partial charge in [0, 0.05) is 12.3 Å². The molecule has 0 fully saturated rings. The first-order valence-electron chi connectivity index (χ1n) is 6.48. The van der Waals surface area contributed by atoms with Crippen LogP contribution in [0.2, 0.25) is 0 Å². The number of hydrogen-bond donors (Lipinski definition) is 2. The van der Waals surface area contributed by atoms with Crippen molar-refractivity contribution in [2.24, 2.45) is 0 Å². The van der Waals surface area contributed by atoms with Crippen LogP contribution in [0.3, 0.4) is 0 Å². The third-order valence-electron chi connectivity index (χ3n) is 2.50. The molecule has 0 spiro atoms. The highest BCUT2D eigenvalue weighted by molar-refractivity contribution is 5.66. The molecule has 1 aromatic carbocycles. The summed E-state index contributed by atoms with van der Waals surface area (Å²) in [5.41, 5.74) is 6.34. The normalized spacial score (nSPS) is 10.1. The summed E-state index contributed by atoms with van der Waals surface area (Å²) < 4.78 is 11.1. The molecule has 0 aliphatic heterocycles. The molecule has 0 unspecified atom stereocenters. The Kier molecular flexibility index (Phi) is 4.60. The van der Waals surface area contributed by atoms with Crippen molar-refractivity contribution in [3.63, 3.8) is 0 Å². The minimum Gasteiger partial charge on any atom is -0.494 e. The lowest BCUT2D eigenvalue weighted by atomic mass is 10.2. The number of nitrogens with zero attached hydrogens (tertiary/aromatic N) is 2. The molecule has 1 aromatic heterocycles. The number of ether oxygens (including phenoxy) is 2. The molecule has 0 atom stereocenters. The Morgan fingerprint density at radius 1 is 1.15 bits per heavy atom. The van der Waals surface area contributed by atoms with Crippen molar-refractivity contribution in [3.05, 3.63) is 30.5 Å². The van der Waals surface area contributed by atoms with Gasteiger partial charge < -0.3 is 20.5 Å². The Hall–Kier alpha value is -2.50. The van der Waals surface area contributed by atoms with Gasteiger partial charge in [0.1, 0.15) is 17.3 Å². The Morgan fingerprint density at radius 3 is 2.65 bits per heavy atom. The quantitative estimate of drug-likeness (QED) is 0.842. The van der Waals surface area contributed by atoms with E-state index in [1.807, 2.05) is 32.0 Å². The second-order valence-corrected chi connectivity index (χ2v) is 3.95. The predicted molar refractivity (Wildman–Crippen MR) is 78.5 cm³/mol. The van der Waals surface area contributed by atoms with Gasteiger partial charge in [0.05, 0.1) is 18.9 Å². The molecule has 106 valence electrons. The first-order valence-corrected chi connectivity index (χ1v) is 6.48. The van der Waals surface area contributed by atoms with E-state index in [4.69, 9.17) is 15.2 Å². The van der Waals surface area contributed by atoms with Crippen LogP contribution in [0.5, 0.6) is 11.5 Å². The molecule has 0 amide bonds. The summed E-state index contributed by atoms with van der Waals surface area (Å²) >= 11 is 0. The molecule has 0 saturated carbocycles.